The number of hydrogen-bond acceptors (Lipinski definition) is 8. The Kier molecular flexibility index (Phi) is 8.63. The molecule has 0 radical (unpaired) electrons. The number of esters is 2. The van der Waals surface area contributed by atoms with E-state index >= 15 is 0 Å². The highest BCUT2D eigenvalue weighted by Gasteiger charge is 2.35. The molecule has 0 bridgehead atoms. The zero-order chi connectivity index (χ0) is 21.4. The zero-order valence-electron chi connectivity index (χ0n) is 16.6. The molecule has 2 N–H and O–H groups in total. The minimum absolute atomic E-state index is 0.00825. The number of Topliss-reactive ketones (excluding diaryl/α,β-unsaturated/α-hetero) is 2. The average molecular weight is 394 g/mol. The van der Waals surface area contributed by atoms with Crippen LogP contribution in [0.5, 0.6) is 17.2 Å². The standard InChI is InChI=1S/C20H26O8/c1-5-8-11(21)14-16(20(26)27-4)15(12(22)9-6-2)19(18(25)17(14)24)28-13(23)10-7-3/h24-25H,5-10H2,1-4H3. The predicted octanol–water partition coefficient (Wildman–Crippen LogP) is 3.56. The highest BCUT2D eigenvalue weighted by Crippen LogP contribution is 2.45. The number of aromatic hydroxyl groups is 2. The van der Waals surface area contributed by atoms with Crippen molar-refractivity contribution in [1.82, 2.24) is 0 Å². The van der Waals surface area contributed by atoms with Gasteiger partial charge in [0.1, 0.15) is 0 Å². The smallest absolute Gasteiger partial charge is 0.339 e. The fourth-order valence-corrected chi connectivity index (χ4v) is 2.72. The quantitative estimate of drug-likeness (QED) is 0.267. The summed E-state index contributed by atoms with van der Waals surface area (Å²) in [6.07, 6.45) is 1.18. The summed E-state index contributed by atoms with van der Waals surface area (Å²) in [5, 5.41) is 20.8. The summed E-state index contributed by atoms with van der Waals surface area (Å²) in [6, 6.07) is 0. The van der Waals surface area contributed by atoms with Crippen LogP contribution in [0.2, 0.25) is 0 Å². The van der Waals surface area contributed by atoms with Gasteiger partial charge in [-0.25, -0.2) is 4.79 Å². The number of phenols is 2. The van der Waals surface area contributed by atoms with Gasteiger partial charge in [-0.1, -0.05) is 20.8 Å². The Morgan fingerprint density at radius 1 is 0.750 bits per heavy atom. The maximum absolute atomic E-state index is 12.7. The second kappa shape index (κ2) is 10.4. The van der Waals surface area contributed by atoms with E-state index in [1.165, 1.54) is 0 Å². The fourth-order valence-electron chi connectivity index (χ4n) is 2.72. The first-order valence-electron chi connectivity index (χ1n) is 9.22. The molecule has 0 aliphatic rings. The first-order chi connectivity index (χ1) is 13.2. The lowest BCUT2D eigenvalue weighted by Crippen LogP contribution is -2.20. The third-order valence-electron chi connectivity index (χ3n) is 3.97. The third-order valence-corrected chi connectivity index (χ3v) is 3.97. The largest absolute Gasteiger partial charge is 0.504 e. The van der Waals surface area contributed by atoms with Gasteiger partial charge >= 0.3 is 11.9 Å². The van der Waals surface area contributed by atoms with E-state index < -0.39 is 57.4 Å². The van der Waals surface area contributed by atoms with E-state index in [1.54, 1.807) is 20.8 Å². The lowest BCUT2D eigenvalue weighted by atomic mass is 9.90. The monoisotopic (exact) mass is 394 g/mol. The summed E-state index contributed by atoms with van der Waals surface area (Å²) >= 11 is 0. The van der Waals surface area contributed by atoms with Crippen molar-refractivity contribution in [2.45, 2.75) is 59.3 Å². The molecule has 1 aromatic rings. The van der Waals surface area contributed by atoms with Crippen LogP contribution in [0, 0.1) is 0 Å². The van der Waals surface area contributed by atoms with Crippen molar-refractivity contribution < 1.29 is 38.9 Å². The Bertz CT molecular complexity index is 779. The van der Waals surface area contributed by atoms with Crippen LogP contribution >= 0.6 is 0 Å². The molecular formula is C20H26O8. The van der Waals surface area contributed by atoms with Crippen molar-refractivity contribution in [3.8, 4) is 17.2 Å². The second-order valence-corrected chi connectivity index (χ2v) is 6.21. The molecule has 0 aliphatic carbocycles. The van der Waals surface area contributed by atoms with Crippen LogP contribution < -0.4 is 4.74 Å². The third kappa shape index (κ3) is 4.88. The van der Waals surface area contributed by atoms with Gasteiger partial charge in [-0.3, -0.25) is 14.4 Å². The van der Waals surface area contributed by atoms with E-state index in [0.29, 0.717) is 19.3 Å². The molecule has 0 heterocycles. The van der Waals surface area contributed by atoms with Gasteiger partial charge < -0.3 is 19.7 Å². The van der Waals surface area contributed by atoms with Gasteiger partial charge in [-0.05, 0) is 19.3 Å². The Morgan fingerprint density at radius 2 is 1.25 bits per heavy atom. The van der Waals surface area contributed by atoms with E-state index in [9.17, 15) is 29.4 Å². The van der Waals surface area contributed by atoms with Crippen LogP contribution in [0.1, 0.15) is 90.4 Å². The molecule has 0 unspecified atom stereocenters. The van der Waals surface area contributed by atoms with Crippen LogP contribution in [0.4, 0.5) is 0 Å². The van der Waals surface area contributed by atoms with E-state index in [-0.39, 0.29) is 19.3 Å². The molecule has 1 rings (SSSR count). The molecule has 0 spiro atoms. The van der Waals surface area contributed by atoms with Crippen LogP contribution in [0.3, 0.4) is 0 Å². The van der Waals surface area contributed by atoms with E-state index in [4.69, 9.17) is 9.47 Å². The average Bonchev–Trinajstić information content (AvgIpc) is 2.64. The van der Waals surface area contributed by atoms with Crippen LogP contribution in [-0.4, -0.2) is 40.8 Å². The van der Waals surface area contributed by atoms with Crippen molar-refractivity contribution >= 4 is 23.5 Å². The fraction of sp³-hybridized carbons (Fsp3) is 0.500. The normalized spacial score (nSPS) is 10.4. The van der Waals surface area contributed by atoms with Gasteiger partial charge in [0.25, 0.3) is 0 Å². The van der Waals surface area contributed by atoms with Crippen LogP contribution in [0.15, 0.2) is 0 Å². The number of carbonyl (C=O) groups is 4. The van der Waals surface area contributed by atoms with E-state index in [1.807, 2.05) is 0 Å². The number of hydrogen-bond donors (Lipinski definition) is 2. The van der Waals surface area contributed by atoms with Crippen molar-refractivity contribution in [3.05, 3.63) is 16.7 Å². The lowest BCUT2D eigenvalue weighted by Gasteiger charge is -2.19. The first-order valence-corrected chi connectivity index (χ1v) is 9.22. The summed E-state index contributed by atoms with van der Waals surface area (Å²) in [4.78, 5) is 49.7. The second-order valence-electron chi connectivity index (χ2n) is 6.21. The molecule has 0 saturated heterocycles. The summed E-state index contributed by atoms with van der Waals surface area (Å²) in [5.41, 5.74) is -1.46. The summed E-state index contributed by atoms with van der Waals surface area (Å²) in [5.74, 6) is -5.58. The molecule has 0 atom stereocenters. The SMILES string of the molecule is CCCC(=O)Oc1c(O)c(O)c(C(=O)CCC)c(C(=O)OC)c1C(=O)CCC. The lowest BCUT2D eigenvalue weighted by molar-refractivity contribution is -0.134. The van der Waals surface area contributed by atoms with Gasteiger partial charge in [0.05, 0.1) is 23.8 Å². The van der Waals surface area contributed by atoms with E-state index in [0.717, 1.165) is 7.11 Å². The zero-order valence-corrected chi connectivity index (χ0v) is 16.6. The Balaban J connectivity index is 3.93. The molecule has 0 fully saturated rings. The molecular weight excluding hydrogens is 368 g/mol. The number of ketones is 2. The van der Waals surface area contributed by atoms with E-state index in [2.05, 4.69) is 0 Å². The molecule has 8 nitrogen and oxygen atoms in total. The Hall–Kier alpha value is -2.90. The van der Waals surface area contributed by atoms with Gasteiger partial charge in [0.15, 0.2) is 23.1 Å². The van der Waals surface area contributed by atoms with Crippen molar-refractivity contribution in [3.63, 3.8) is 0 Å². The number of benzene rings is 1. The predicted molar refractivity (Wildman–Crippen MR) is 100 cm³/mol. The molecule has 0 amide bonds. The summed E-state index contributed by atoms with van der Waals surface area (Å²) in [6.45, 7) is 5.17. The molecule has 28 heavy (non-hydrogen) atoms. The summed E-state index contributed by atoms with van der Waals surface area (Å²) < 4.78 is 9.81. The molecule has 0 saturated carbocycles. The number of rotatable bonds is 10. The van der Waals surface area contributed by atoms with Gasteiger partial charge in [0.2, 0.25) is 5.75 Å². The molecule has 154 valence electrons. The van der Waals surface area contributed by atoms with Crippen molar-refractivity contribution in [2.24, 2.45) is 0 Å². The van der Waals surface area contributed by atoms with Crippen molar-refractivity contribution in [1.29, 1.82) is 0 Å². The molecule has 8 heteroatoms. The maximum atomic E-state index is 12.7. The maximum Gasteiger partial charge on any atom is 0.339 e. The van der Waals surface area contributed by atoms with Crippen molar-refractivity contribution in [2.75, 3.05) is 7.11 Å². The van der Waals surface area contributed by atoms with Crippen LogP contribution in [-0.2, 0) is 9.53 Å². The molecule has 0 aromatic heterocycles. The topological polar surface area (TPSA) is 127 Å². The van der Waals surface area contributed by atoms with Gasteiger partial charge in [-0.2, -0.15) is 0 Å². The van der Waals surface area contributed by atoms with Crippen LogP contribution in [0.25, 0.3) is 0 Å². The number of ether oxygens (including phenoxy) is 2. The minimum atomic E-state index is -1.05. The highest BCUT2D eigenvalue weighted by molar-refractivity contribution is 6.17. The Morgan fingerprint density at radius 3 is 1.71 bits per heavy atom. The number of carbonyl (C=O) groups excluding carboxylic acids is 4. The van der Waals surface area contributed by atoms with Gasteiger partial charge in [0, 0.05) is 19.3 Å². The number of methoxy groups -OCH3 is 1. The number of phenolic OH excluding ortho intramolecular Hbond substituents is 2. The molecule has 0 aliphatic heterocycles. The molecule has 1 aromatic carbocycles. The van der Waals surface area contributed by atoms with Gasteiger partial charge in [-0.15, -0.1) is 0 Å². The first kappa shape index (κ1) is 23.1. The summed E-state index contributed by atoms with van der Waals surface area (Å²) in [7, 11) is 1.05. The Labute approximate surface area is 163 Å². The minimum Gasteiger partial charge on any atom is -0.504 e. The highest BCUT2D eigenvalue weighted by atomic mass is 16.5.